The lowest BCUT2D eigenvalue weighted by molar-refractivity contribution is 0.442. The highest BCUT2D eigenvalue weighted by atomic mass is 16.5. The molecule has 0 bridgehead atoms. The fourth-order valence-electron chi connectivity index (χ4n) is 13.2. The Morgan fingerprint density at radius 1 is 0.304 bits per heavy atom. The topological polar surface area (TPSA) is 9.23 Å². The molecule has 4 aliphatic rings. The minimum atomic E-state index is -0.570. The molecular weight excluding hydrogens is 833 g/mol. The van der Waals surface area contributed by atoms with Crippen molar-refractivity contribution in [2.75, 3.05) is 0 Å². The normalized spacial score (nSPS) is 14.9. The Hall–Kier alpha value is -7.74. The van der Waals surface area contributed by atoms with E-state index >= 15 is 0 Å². The maximum Gasteiger partial charge on any atom is 0.140 e. The van der Waals surface area contributed by atoms with Gasteiger partial charge in [0.25, 0.3) is 0 Å². The minimum absolute atomic E-state index is 0.00858. The first kappa shape index (κ1) is 40.3. The SMILES string of the molecule is CC(C)(C)c1ccc2c(c1)C1(c3cc(C(C)(C)C)ccc3-2)c2ccccc2-c2c(-c3cccc(-c4cc5c(c6ccccc46)Oc4ccccc4C54c5ccccc5-c5ccccc54)c3)cccc21. The number of rotatable bonds is 2. The Kier molecular flexibility index (Phi) is 8.14. The minimum Gasteiger partial charge on any atom is -0.456 e. The molecule has 0 fully saturated rings. The summed E-state index contributed by atoms with van der Waals surface area (Å²) in [6.07, 6.45) is 0. The van der Waals surface area contributed by atoms with Crippen LogP contribution in [-0.2, 0) is 21.7 Å². The van der Waals surface area contributed by atoms with Crippen LogP contribution in [0, 0.1) is 0 Å². The van der Waals surface area contributed by atoms with E-state index in [-0.39, 0.29) is 10.8 Å². The van der Waals surface area contributed by atoms with E-state index in [4.69, 9.17) is 4.74 Å². The number of hydrogen-bond acceptors (Lipinski definition) is 1. The van der Waals surface area contributed by atoms with Gasteiger partial charge in [0, 0.05) is 16.5 Å². The quantitative estimate of drug-likeness (QED) is 0.168. The van der Waals surface area contributed by atoms with Gasteiger partial charge in [0.15, 0.2) is 0 Å². The maximum atomic E-state index is 7.12. The molecule has 0 atom stereocenters. The summed E-state index contributed by atoms with van der Waals surface area (Å²) >= 11 is 0. The number of ether oxygens (including phenoxy) is 1. The van der Waals surface area contributed by atoms with Crippen LogP contribution in [0.15, 0.2) is 206 Å². The highest BCUT2D eigenvalue weighted by Crippen LogP contribution is 2.66. The van der Waals surface area contributed by atoms with Crippen LogP contribution in [0.3, 0.4) is 0 Å². The van der Waals surface area contributed by atoms with E-state index in [9.17, 15) is 0 Å². The summed E-state index contributed by atoms with van der Waals surface area (Å²) in [6, 6.07) is 78.4. The standard InChI is InChI=1S/C68H52O/c1-65(2,3)43-33-35-49-50-36-34-44(66(4,5)6)39-60(50)68(59(49)38-43)56-29-14-11-25-52(56)63-45(26-18-31-58(63)68)41-19-17-20-42(37-41)53-40-61-64(51-24-8-7-21-46(51)53)69-62-32-16-15-30-57(62)67(61)54-27-12-9-22-47(54)48-23-10-13-28-55(48)67/h7-40H,1-6H3. The van der Waals surface area contributed by atoms with Crippen LogP contribution < -0.4 is 4.74 Å². The predicted molar refractivity (Wildman–Crippen MR) is 286 cm³/mol. The molecule has 0 unspecified atom stereocenters. The van der Waals surface area contributed by atoms with Crippen molar-refractivity contribution in [3.63, 3.8) is 0 Å². The van der Waals surface area contributed by atoms with E-state index < -0.39 is 10.8 Å². The zero-order valence-corrected chi connectivity index (χ0v) is 40.0. The first-order valence-electron chi connectivity index (χ1n) is 24.7. The molecule has 10 aromatic rings. The molecule has 69 heavy (non-hydrogen) atoms. The van der Waals surface area contributed by atoms with Gasteiger partial charge in [-0.3, -0.25) is 0 Å². The van der Waals surface area contributed by atoms with Crippen molar-refractivity contribution in [2.24, 2.45) is 0 Å². The van der Waals surface area contributed by atoms with Gasteiger partial charge in [-0.15, -0.1) is 0 Å². The van der Waals surface area contributed by atoms with Crippen LogP contribution >= 0.6 is 0 Å². The van der Waals surface area contributed by atoms with Crippen LogP contribution in [0.25, 0.3) is 66.4 Å². The summed E-state index contributed by atoms with van der Waals surface area (Å²) in [6.45, 7) is 14.0. The number of para-hydroxylation sites is 1. The van der Waals surface area contributed by atoms with Gasteiger partial charge in [-0.2, -0.15) is 0 Å². The molecule has 3 aliphatic carbocycles. The van der Waals surface area contributed by atoms with Crippen molar-refractivity contribution in [1.29, 1.82) is 0 Å². The molecule has 1 heteroatoms. The van der Waals surface area contributed by atoms with Gasteiger partial charge < -0.3 is 4.74 Å². The molecule has 0 saturated heterocycles. The molecule has 0 amide bonds. The second-order valence-corrected chi connectivity index (χ2v) is 21.9. The number of fused-ring (bicyclic) bond motifs is 21. The first-order valence-corrected chi connectivity index (χ1v) is 24.7. The average molecular weight is 885 g/mol. The van der Waals surface area contributed by atoms with E-state index in [1.807, 2.05) is 0 Å². The predicted octanol–water partition coefficient (Wildman–Crippen LogP) is 17.6. The molecule has 1 aliphatic heterocycles. The molecule has 0 radical (unpaired) electrons. The first-order chi connectivity index (χ1) is 33.5. The molecular formula is C68H52O. The van der Waals surface area contributed by atoms with Crippen molar-refractivity contribution in [2.45, 2.75) is 63.2 Å². The third-order valence-corrected chi connectivity index (χ3v) is 16.3. The molecule has 0 aromatic heterocycles. The fourth-order valence-corrected chi connectivity index (χ4v) is 13.2. The number of hydrogen-bond donors (Lipinski definition) is 0. The zero-order chi connectivity index (χ0) is 46.6. The highest BCUT2D eigenvalue weighted by molar-refractivity contribution is 6.05. The molecule has 330 valence electrons. The van der Waals surface area contributed by atoms with Crippen molar-refractivity contribution in [1.82, 2.24) is 0 Å². The summed E-state index contributed by atoms with van der Waals surface area (Å²) in [5.74, 6) is 1.84. The van der Waals surface area contributed by atoms with E-state index in [1.165, 1.54) is 117 Å². The fraction of sp³-hybridized carbons (Fsp3) is 0.147. The Bertz CT molecular complexity index is 3740. The molecule has 1 nitrogen and oxygen atoms in total. The van der Waals surface area contributed by atoms with Crippen molar-refractivity contribution >= 4 is 10.8 Å². The van der Waals surface area contributed by atoms with Crippen LogP contribution in [-0.4, -0.2) is 0 Å². The van der Waals surface area contributed by atoms with Gasteiger partial charge in [0.05, 0.1) is 10.8 Å². The maximum absolute atomic E-state index is 7.12. The Labute approximate surface area is 405 Å². The Balaban J connectivity index is 1.02. The number of benzene rings is 10. The third-order valence-electron chi connectivity index (χ3n) is 16.3. The van der Waals surface area contributed by atoms with Crippen LogP contribution in [0.2, 0.25) is 0 Å². The van der Waals surface area contributed by atoms with Crippen molar-refractivity contribution in [3.8, 4) is 67.1 Å². The summed E-state index contributed by atoms with van der Waals surface area (Å²) in [4.78, 5) is 0. The van der Waals surface area contributed by atoms with E-state index in [0.29, 0.717) is 0 Å². The smallest absolute Gasteiger partial charge is 0.140 e. The lowest BCUT2D eigenvalue weighted by atomic mass is 9.65. The summed E-state index contributed by atoms with van der Waals surface area (Å²) in [5.41, 5.74) is 24.8. The largest absolute Gasteiger partial charge is 0.456 e. The molecule has 10 aromatic carbocycles. The van der Waals surface area contributed by atoms with Crippen LogP contribution in [0.4, 0.5) is 0 Å². The van der Waals surface area contributed by atoms with Gasteiger partial charge in [-0.05, 0) is 135 Å². The zero-order valence-electron chi connectivity index (χ0n) is 40.0. The van der Waals surface area contributed by atoms with Crippen LogP contribution in [0.5, 0.6) is 11.5 Å². The Morgan fingerprint density at radius 3 is 1.38 bits per heavy atom. The van der Waals surface area contributed by atoms with Gasteiger partial charge in [0.1, 0.15) is 11.5 Å². The highest BCUT2D eigenvalue weighted by Gasteiger charge is 2.54. The van der Waals surface area contributed by atoms with E-state index in [0.717, 1.165) is 16.9 Å². The second kappa shape index (κ2) is 13.9. The van der Waals surface area contributed by atoms with Gasteiger partial charge >= 0.3 is 0 Å². The lowest BCUT2D eigenvalue weighted by Gasteiger charge is -2.40. The lowest BCUT2D eigenvalue weighted by Crippen LogP contribution is -2.32. The van der Waals surface area contributed by atoms with E-state index in [2.05, 4.69) is 248 Å². The summed E-state index contributed by atoms with van der Waals surface area (Å²) in [7, 11) is 0. The van der Waals surface area contributed by atoms with Crippen LogP contribution in [0.1, 0.15) is 97.2 Å². The average Bonchev–Trinajstić information content (AvgIpc) is 3.96. The monoisotopic (exact) mass is 884 g/mol. The van der Waals surface area contributed by atoms with Gasteiger partial charge in [-0.25, -0.2) is 0 Å². The van der Waals surface area contributed by atoms with Gasteiger partial charge in [0.2, 0.25) is 0 Å². The van der Waals surface area contributed by atoms with E-state index in [1.54, 1.807) is 0 Å². The molecule has 0 saturated carbocycles. The summed E-state index contributed by atoms with van der Waals surface area (Å²) < 4.78 is 7.12. The Morgan fingerprint density at radius 2 is 0.754 bits per heavy atom. The molecule has 0 N–H and O–H groups in total. The van der Waals surface area contributed by atoms with Gasteiger partial charge in [-0.1, -0.05) is 230 Å². The molecule has 14 rings (SSSR count). The second-order valence-electron chi connectivity index (χ2n) is 21.9. The third kappa shape index (κ3) is 5.26. The molecule has 2 spiro atoms. The van der Waals surface area contributed by atoms with Crippen molar-refractivity contribution in [3.05, 3.63) is 262 Å². The van der Waals surface area contributed by atoms with Crippen molar-refractivity contribution < 1.29 is 4.74 Å². The summed E-state index contributed by atoms with van der Waals surface area (Å²) in [5, 5.41) is 2.29. The molecule has 1 heterocycles.